The van der Waals surface area contributed by atoms with Crippen LogP contribution in [0.25, 0.3) is 11.0 Å². The van der Waals surface area contributed by atoms with Crippen molar-refractivity contribution in [1.29, 1.82) is 0 Å². The molecule has 9 heteroatoms. The summed E-state index contributed by atoms with van der Waals surface area (Å²) in [5.41, 5.74) is 1.08. The average molecular weight is 427 g/mol. The van der Waals surface area contributed by atoms with E-state index >= 15 is 0 Å². The Balaban J connectivity index is 1.34. The molecule has 1 fully saturated rings. The molecule has 1 aliphatic rings. The molecule has 3 aromatic rings. The predicted octanol–water partition coefficient (Wildman–Crippen LogP) is 2.57. The molecule has 1 saturated carbocycles. The van der Waals surface area contributed by atoms with E-state index in [4.69, 9.17) is 0 Å². The number of nitrogens with zero attached hydrogens (tertiary/aromatic N) is 5. The number of benzene rings is 1. The normalized spacial score (nSPS) is 14.4. The number of carbonyl (C=O) groups is 1. The van der Waals surface area contributed by atoms with Crippen LogP contribution < -0.4 is 10.9 Å². The fraction of sp³-hybridized carbons (Fsp3) is 0.476. The quantitative estimate of drug-likeness (QED) is 0.439. The van der Waals surface area contributed by atoms with Crippen molar-refractivity contribution in [2.24, 2.45) is 0 Å². The van der Waals surface area contributed by atoms with Gasteiger partial charge in [-0.05, 0) is 37.7 Å². The third kappa shape index (κ3) is 4.40. The molecular weight excluding hydrogens is 400 g/mol. The van der Waals surface area contributed by atoms with Gasteiger partial charge in [-0.2, -0.15) is 0 Å². The average Bonchev–Trinajstić information content (AvgIpc) is 3.42. The zero-order valence-corrected chi connectivity index (χ0v) is 17.9. The summed E-state index contributed by atoms with van der Waals surface area (Å²) in [6.45, 7) is 0.513. The minimum absolute atomic E-state index is 0.0171. The summed E-state index contributed by atoms with van der Waals surface area (Å²) in [4.78, 5) is 28.7. The molecule has 158 valence electrons. The van der Waals surface area contributed by atoms with Crippen molar-refractivity contribution < 1.29 is 4.79 Å². The van der Waals surface area contributed by atoms with Crippen molar-refractivity contribution in [3.8, 4) is 0 Å². The molecule has 1 N–H and O–H groups in total. The van der Waals surface area contributed by atoms with E-state index in [1.165, 1.54) is 36.4 Å². The number of para-hydroxylation sites is 2. The highest BCUT2D eigenvalue weighted by molar-refractivity contribution is 7.98. The van der Waals surface area contributed by atoms with Crippen molar-refractivity contribution in [1.82, 2.24) is 29.6 Å². The maximum atomic E-state index is 12.4. The summed E-state index contributed by atoms with van der Waals surface area (Å²) >= 11 is 1.63. The summed E-state index contributed by atoms with van der Waals surface area (Å²) in [5.74, 6) is 0.812. The first-order valence-electron chi connectivity index (χ1n) is 10.4. The van der Waals surface area contributed by atoms with Crippen LogP contribution in [-0.2, 0) is 17.8 Å². The Morgan fingerprint density at radius 1 is 1.23 bits per heavy atom. The molecule has 0 bridgehead atoms. The topological polar surface area (TPSA) is 94.7 Å². The van der Waals surface area contributed by atoms with Crippen molar-refractivity contribution in [3.05, 3.63) is 46.6 Å². The van der Waals surface area contributed by atoms with Gasteiger partial charge in [-0.3, -0.25) is 14.2 Å². The molecular formula is C21H26N6O2S. The lowest BCUT2D eigenvalue weighted by molar-refractivity contribution is -0.121. The van der Waals surface area contributed by atoms with Crippen molar-refractivity contribution in [3.63, 3.8) is 0 Å². The number of aryl methyl sites for hydroxylation is 1. The molecule has 0 atom stereocenters. The van der Waals surface area contributed by atoms with E-state index in [9.17, 15) is 9.59 Å². The summed E-state index contributed by atoms with van der Waals surface area (Å²) < 4.78 is 3.75. The molecule has 2 heterocycles. The summed E-state index contributed by atoms with van der Waals surface area (Å²) in [7, 11) is 0. The second-order valence-corrected chi connectivity index (χ2v) is 8.31. The monoisotopic (exact) mass is 426 g/mol. The second kappa shape index (κ2) is 9.42. The number of fused-ring (bicyclic) bond motifs is 1. The molecule has 0 radical (unpaired) electrons. The number of aromatic nitrogens is 5. The van der Waals surface area contributed by atoms with E-state index in [1.807, 2.05) is 24.5 Å². The first-order valence-corrected chi connectivity index (χ1v) is 11.6. The summed E-state index contributed by atoms with van der Waals surface area (Å²) in [6.07, 6.45) is 9.72. The lowest BCUT2D eigenvalue weighted by atomic mass is 10.2. The summed E-state index contributed by atoms with van der Waals surface area (Å²) in [5, 5.41) is 12.6. The van der Waals surface area contributed by atoms with Crippen LogP contribution in [0.4, 0.5) is 0 Å². The van der Waals surface area contributed by atoms with E-state index in [-0.39, 0.29) is 18.0 Å². The van der Waals surface area contributed by atoms with Gasteiger partial charge < -0.3 is 9.88 Å². The SMILES string of the molecule is CSc1nnc(CCCNC(=O)Cn2c(=O)cnc3ccccc32)n1C1CCCC1. The fourth-order valence-electron chi connectivity index (χ4n) is 4.10. The van der Waals surface area contributed by atoms with E-state index in [2.05, 4.69) is 25.1 Å². The zero-order chi connectivity index (χ0) is 20.9. The van der Waals surface area contributed by atoms with Gasteiger partial charge in [0, 0.05) is 19.0 Å². The van der Waals surface area contributed by atoms with E-state index < -0.39 is 0 Å². The highest BCUT2D eigenvalue weighted by Crippen LogP contribution is 2.33. The lowest BCUT2D eigenvalue weighted by Crippen LogP contribution is -2.33. The van der Waals surface area contributed by atoms with Crippen LogP contribution in [0.1, 0.15) is 44.0 Å². The molecule has 1 amide bonds. The van der Waals surface area contributed by atoms with Crippen LogP contribution in [0.3, 0.4) is 0 Å². The van der Waals surface area contributed by atoms with Gasteiger partial charge in [0.1, 0.15) is 12.4 Å². The molecule has 0 aliphatic heterocycles. The Hall–Kier alpha value is -2.68. The molecule has 1 aliphatic carbocycles. The van der Waals surface area contributed by atoms with Crippen molar-refractivity contribution in [2.45, 2.75) is 56.3 Å². The number of carbonyl (C=O) groups excluding carboxylic acids is 1. The number of hydrogen-bond donors (Lipinski definition) is 1. The number of nitrogens with one attached hydrogen (secondary N) is 1. The number of hydrogen-bond acceptors (Lipinski definition) is 6. The maximum absolute atomic E-state index is 12.4. The van der Waals surface area contributed by atoms with Gasteiger partial charge in [-0.1, -0.05) is 36.7 Å². The van der Waals surface area contributed by atoms with Crippen LogP contribution >= 0.6 is 11.8 Å². The lowest BCUT2D eigenvalue weighted by Gasteiger charge is -2.16. The molecule has 8 nitrogen and oxygen atoms in total. The smallest absolute Gasteiger partial charge is 0.269 e. The standard InChI is InChI=1S/C21H26N6O2S/c1-30-21-25-24-18(27(21)15-7-2-3-8-15)11-6-12-22-19(28)14-26-17-10-5-4-9-16(17)23-13-20(26)29/h4-5,9-10,13,15H,2-3,6-8,11-12,14H2,1H3,(H,22,28). The van der Waals surface area contributed by atoms with E-state index in [1.54, 1.807) is 17.8 Å². The van der Waals surface area contributed by atoms with E-state index in [0.717, 1.165) is 23.8 Å². The first-order chi connectivity index (χ1) is 14.7. The van der Waals surface area contributed by atoms with Gasteiger partial charge in [0.2, 0.25) is 5.91 Å². The second-order valence-electron chi connectivity index (χ2n) is 7.54. The first kappa shape index (κ1) is 20.6. The maximum Gasteiger partial charge on any atom is 0.269 e. The minimum Gasteiger partial charge on any atom is -0.355 e. The molecule has 4 rings (SSSR count). The van der Waals surface area contributed by atoms with Crippen LogP contribution in [0.5, 0.6) is 0 Å². The van der Waals surface area contributed by atoms with Gasteiger partial charge in [-0.15, -0.1) is 10.2 Å². The van der Waals surface area contributed by atoms with Gasteiger partial charge in [-0.25, -0.2) is 4.98 Å². The Morgan fingerprint density at radius 3 is 2.83 bits per heavy atom. The molecule has 2 aromatic heterocycles. The molecule has 1 aromatic carbocycles. The highest BCUT2D eigenvalue weighted by atomic mass is 32.2. The Bertz CT molecular complexity index is 1090. The largest absolute Gasteiger partial charge is 0.355 e. The van der Waals surface area contributed by atoms with Gasteiger partial charge in [0.15, 0.2) is 5.16 Å². The number of amides is 1. The van der Waals surface area contributed by atoms with Crippen LogP contribution in [-0.4, -0.2) is 43.0 Å². The third-order valence-corrected chi connectivity index (χ3v) is 6.20. The van der Waals surface area contributed by atoms with Gasteiger partial charge >= 0.3 is 0 Å². The van der Waals surface area contributed by atoms with Gasteiger partial charge in [0.25, 0.3) is 5.56 Å². The Labute approximate surface area is 179 Å². The molecule has 0 spiro atoms. The number of thioether (sulfide) groups is 1. The highest BCUT2D eigenvalue weighted by Gasteiger charge is 2.23. The number of rotatable bonds is 8. The van der Waals surface area contributed by atoms with Crippen LogP contribution in [0.2, 0.25) is 0 Å². The minimum atomic E-state index is -0.280. The molecule has 0 saturated heterocycles. The molecule has 0 unspecified atom stereocenters. The van der Waals surface area contributed by atoms with Gasteiger partial charge in [0.05, 0.1) is 17.2 Å². The molecule has 30 heavy (non-hydrogen) atoms. The fourth-order valence-corrected chi connectivity index (χ4v) is 4.67. The predicted molar refractivity (Wildman–Crippen MR) is 117 cm³/mol. The van der Waals surface area contributed by atoms with Crippen LogP contribution in [0, 0.1) is 0 Å². The van der Waals surface area contributed by atoms with Crippen LogP contribution in [0.15, 0.2) is 40.4 Å². The zero-order valence-electron chi connectivity index (χ0n) is 17.1. The summed E-state index contributed by atoms with van der Waals surface area (Å²) in [6, 6.07) is 7.82. The van der Waals surface area contributed by atoms with Crippen molar-refractivity contribution >= 4 is 28.7 Å². The Kier molecular flexibility index (Phi) is 6.47. The van der Waals surface area contributed by atoms with Crippen molar-refractivity contribution in [2.75, 3.05) is 12.8 Å². The third-order valence-electron chi connectivity index (χ3n) is 5.56. The van der Waals surface area contributed by atoms with E-state index in [0.29, 0.717) is 23.6 Å². The Morgan fingerprint density at radius 2 is 2.03 bits per heavy atom.